The van der Waals surface area contributed by atoms with Crippen molar-refractivity contribution in [3.8, 4) is 11.4 Å². The van der Waals surface area contributed by atoms with Crippen molar-refractivity contribution in [1.82, 2.24) is 9.55 Å². The fraction of sp³-hybridized carbons (Fsp3) is 0.0476. The quantitative estimate of drug-likeness (QED) is 0.509. The van der Waals surface area contributed by atoms with Gasteiger partial charge < -0.3 is 5.11 Å². The molecule has 28 heavy (non-hydrogen) atoms. The van der Waals surface area contributed by atoms with Crippen LogP contribution in [0.5, 0.6) is 5.75 Å². The number of hydrogen-bond donors (Lipinski definition) is 1. The van der Waals surface area contributed by atoms with Gasteiger partial charge in [-0.15, -0.1) is 0 Å². The molecule has 4 aromatic rings. The maximum Gasteiger partial charge on any atom is 0.416 e. The van der Waals surface area contributed by atoms with Gasteiger partial charge in [-0.1, -0.05) is 24.3 Å². The number of carbonyl (C=O) groups is 1. The highest BCUT2D eigenvalue weighted by Gasteiger charge is 2.31. The molecule has 0 saturated heterocycles. The average molecular weight is 382 g/mol. The standard InChI is InChI=1S/C21H13F3N2O2/c22-21(23,24)14-5-3-4-13(12-14)19(28)20-25-17-6-1-2-7-18(17)26(20)15-8-10-16(27)11-9-15/h1-12,27H. The molecule has 0 saturated carbocycles. The van der Waals surface area contributed by atoms with E-state index in [1.165, 1.54) is 24.3 Å². The molecule has 1 aromatic heterocycles. The number of para-hydroxylation sites is 2. The fourth-order valence-electron chi connectivity index (χ4n) is 3.01. The van der Waals surface area contributed by atoms with E-state index < -0.39 is 17.5 Å². The average Bonchev–Trinajstić information content (AvgIpc) is 3.07. The van der Waals surface area contributed by atoms with Crippen LogP contribution in [0.3, 0.4) is 0 Å². The molecule has 0 bridgehead atoms. The molecule has 0 spiro atoms. The van der Waals surface area contributed by atoms with Gasteiger partial charge in [-0.2, -0.15) is 13.2 Å². The van der Waals surface area contributed by atoms with Crippen LogP contribution in [-0.4, -0.2) is 20.4 Å². The molecular weight excluding hydrogens is 369 g/mol. The smallest absolute Gasteiger partial charge is 0.416 e. The van der Waals surface area contributed by atoms with E-state index in [4.69, 9.17) is 0 Å². The van der Waals surface area contributed by atoms with Gasteiger partial charge in [0, 0.05) is 11.3 Å². The molecule has 3 aromatic carbocycles. The number of halogens is 3. The molecule has 0 unspecified atom stereocenters. The van der Waals surface area contributed by atoms with Crippen LogP contribution < -0.4 is 0 Å². The van der Waals surface area contributed by atoms with Crippen molar-refractivity contribution in [3.05, 3.63) is 89.7 Å². The number of rotatable bonds is 3. The number of carbonyl (C=O) groups excluding carboxylic acids is 1. The van der Waals surface area contributed by atoms with Crippen molar-refractivity contribution in [2.45, 2.75) is 6.18 Å². The second-order valence-electron chi connectivity index (χ2n) is 6.18. The summed E-state index contributed by atoms with van der Waals surface area (Å²) in [6, 6.07) is 17.4. The SMILES string of the molecule is O=C(c1cccc(C(F)(F)F)c1)c1nc2ccccc2n1-c1ccc(O)cc1. The number of nitrogens with zero attached hydrogens (tertiary/aromatic N) is 2. The number of hydrogen-bond acceptors (Lipinski definition) is 3. The zero-order chi connectivity index (χ0) is 19.9. The number of phenols is 1. The zero-order valence-corrected chi connectivity index (χ0v) is 14.3. The van der Waals surface area contributed by atoms with Crippen LogP contribution in [0.2, 0.25) is 0 Å². The van der Waals surface area contributed by atoms with Crippen molar-refractivity contribution in [1.29, 1.82) is 0 Å². The summed E-state index contributed by atoms with van der Waals surface area (Å²) in [5.41, 5.74) is 0.715. The van der Waals surface area contributed by atoms with Gasteiger partial charge in [0.25, 0.3) is 0 Å². The van der Waals surface area contributed by atoms with Crippen molar-refractivity contribution >= 4 is 16.8 Å². The second kappa shape index (κ2) is 6.53. The lowest BCUT2D eigenvalue weighted by molar-refractivity contribution is -0.137. The Balaban J connectivity index is 1.90. The number of aromatic hydroxyl groups is 1. The van der Waals surface area contributed by atoms with Crippen LogP contribution in [0.25, 0.3) is 16.7 Å². The highest BCUT2D eigenvalue weighted by molar-refractivity contribution is 6.09. The number of alkyl halides is 3. The lowest BCUT2D eigenvalue weighted by Crippen LogP contribution is -2.12. The molecule has 0 amide bonds. The van der Waals surface area contributed by atoms with Crippen LogP contribution in [0.4, 0.5) is 13.2 Å². The zero-order valence-electron chi connectivity index (χ0n) is 14.3. The molecule has 1 N–H and O–H groups in total. The first-order valence-electron chi connectivity index (χ1n) is 8.33. The Bertz CT molecular complexity index is 1180. The Morgan fingerprint density at radius 3 is 2.36 bits per heavy atom. The van der Waals surface area contributed by atoms with Crippen molar-refractivity contribution < 1.29 is 23.1 Å². The summed E-state index contributed by atoms with van der Waals surface area (Å²) in [6.45, 7) is 0. The van der Waals surface area contributed by atoms with E-state index in [2.05, 4.69) is 4.98 Å². The van der Waals surface area contributed by atoms with Crippen LogP contribution in [0, 0.1) is 0 Å². The third-order valence-corrected chi connectivity index (χ3v) is 4.32. The molecule has 1 heterocycles. The normalized spacial score (nSPS) is 11.7. The van der Waals surface area contributed by atoms with Gasteiger partial charge in [-0.25, -0.2) is 4.98 Å². The molecule has 0 fully saturated rings. The summed E-state index contributed by atoms with van der Waals surface area (Å²) >= 11 is 0. The molecule has 0 aliphatic heterocycles. The Morgan fingerprint density at radius 1 is 0.929 bits per heavy atom. The van der Waals surface area contributed by atoms with Crippen molar-refractivity contribution in [2.75, 3.05) is 0 Å². The number of fused-ring (bicyclic) bond motifs is 1. The van der Waals surface area contributed by atoms with Crippen molar-refractivity contribution in [2.24, 2.45) is 0 Å². The van der Waals surface area contributed by atoms with E-state index in [0.29, 0.717) is 16.7 Å². The van der Waals surface area contributed by atoms with Gasteiger partial charge >= 0.3 is 6.18 Å². The summed E-state index contributed by atoms with van der Waals surface area (Å²) in [7, 11) is 0. The molecule has 140 valence electrons. The fourth-order valence-corrected chi connectivity index (χ4v) is 3.01. The molecule has 0 aliphatic rings. The Labute approximate surface area is 157 Å². The van der Waals surface area contributed by atoms with Crippen molar-refractivity contribution in [3.63, 3.8) is 0 Å². The van der Waals surface area contributed by atoms with E-state index in [1.807, 2.05) is 0 Å². The molecule has 4 rings (SSSR count). The number of imidazole rings is 1. The minimum absolute atomic E-state index is 0.00813. The first-order valence-corrected chi connectivity index (χ1v) is 8.33. The summed E-state index contributed by atoms with van der Waals surface area (Å²) in [5.74, 6) is -0.583. The lowest BCUT2D eigenvalue weighted by atomic mass is 10.1. The highest BCUT2D eigenvalue weighted by atomic mass is 19.4. The molecular formula is C21H13F3N2O2. The first-order chi connectivity index (χ1) is 13.3. The van der Waals surface area contributed by atoms with E-state index in [0.717, 1.165) is 12.1 Å². The minimum Gasteiger partial charge on any atom is -0.508 e. The maximum atomic E-state index is 13.1. The lowest BCUT2D eigenvalue weighted by Gasteiger charge is -2.10. The molecule has 4 nitrogen and oxygen atoms in total. The number of ketones is 1. The van der Waals surface area contributed by atoms with E-state index in [1.54, 1.807) is 41.0 Å². The second-order valence-corrected chi connectivity index (χ2v) is 6.18. The first kappa shape index (κ1) is 17.8. The maximum absolute atomic E-state index is 13.1. The van der Waals surface area contributed by atoms with Gasteiger partial charge in [0.1, 0.15) is 5.75 Å². The minimum atomic E-state index is -4.55. The van der Waals surface area contributed by atoms with Gasteiger partial charge in [0.15, 0.2) is 5.82 Å². The largest absolute Gasteiger partial charge is 0.508 e. The Hall–Kier alpha value is -3.61. The van der Waals surface area contributed by atoms with Gasteiger partial charge in [-0.3, -0.25) is 9.36 Å². The summed E-state index contributed by atoms with van der Waals surface area (Å²) in [6.07, 6.45) is -4.55. The monoisotopic (exact) mass is 382 g/mol. The topological polar surface area (TPSA) is 55.1 Å². The number of phenolic OH excluding ortho intramolecular Hbond substituents is 1. The van der Waals surface area contributed by atoms with Gasteiger partial charge in [-0.05, 0) is 48.5 Å². The van der Waals surface area contributed by atoms with Crippen LogP contribution in [-0.2, 0) is 6.18 Å². The van der Waals surface area contributed by atoms with Gasteiger partial charge in [0.2, 0.25) is 5.78 Å². The van der Waals surface area contributed by atoms with Crippen LogP contribution in [0.15, 0.2) is 72.8 Å². The molecule has 7 heteroatoms. The van der Waals surface area contributed by atoms with E-state index in [-0.39, 0.29) is 17.1 Å². The number of aromatic nitrogens is 2. The predicted molar refractivity (Wildman–Crippen MR) is 97.6 cm³/mol. The summed E-state index contributed by atoms with van der Waals surface area (Å²) < 4.78 is 40.6. The van der Waals surface area contributed by atoms with Gasteiger partial charge in [0.05, 0.1) is 16.6 Å². The van der Waals surface area contributed by atoms with Crippen LogP contribution >= 0.6 is 0 Å². The van der Waals surface area contributed by atoms with E-state index in [9.17, 15) is 23.1 Å². The van der Waals surface area contributed by atoms with Crippen LogP contribution in [0.1, 0.15) is 21.7 Å². The Morgan fingerprint density at radius 2 is 1.64 bits per heavy atom. The van der Waals surface area contributed by atoms with E-state index >= 15 is 0 Å². The number of benzene rings is 3. The third-order valence-electron chi connectivity index (χ3n) is 4.32. The molecule has 0 atom stereocenters. The summed E-state index contributed by atoms with van der Waals surface area (Å²) in [4.78, 5) is 17.4. The predicted octanol–water partition coefficient (Wildman–Crippen LogP) is 4.98. The summed E-state index contributed by atoms with van der Waals surface area (Å²) in [5, 5.41) is 9.53. The highest BCUT2D eigenvalue weighted by Crippen LogP contribution is 2.31. The Kier molecular flexibility index (Phi) is 4.15. The molecule has 0 radical (unpaired) electrons. The molecule has 0 aliphatic carbocycles. The third kappa shape index (κ3) is 3.11.